The van der Waals surface area contributed by atoms with Crippen LogP contribution in [0.4, 0.5) is 0 Å². The Kier molecular flexibility index (Phi) is 4.73. The number of hydrogen-bond donors (Lipinski definition) is 1. The lowest BCUT2D eigenvalue weighted by molar-refractivity contribution is -0.138. The van der Waals surface area contributed by atoms with Gasteiger partial charge in [0, 0.05) is 25.2 Å². The maximum Gasteiger partial charge on any atom is 0.263 e. The number of benzene rings is 1. The van der Waals surface area contributed by atoms with E-state index < -0.39 is 6.10 Å². The summed E-state index contributed by atoms with van der Waals surface area (Å²) in [7, 11) is 0. The van der Waals surface area contributed by atoms with Gasteiger partial charge in [0.1, 0.15) is 5.75 Å². The van der Waals surface area contributed by atoms with E-state index in [2.05, 4.69) is 21.2 Å². The van der Waals surface area contributed by atoms with E-state index in [0.717, 1.165) is 35.3 Å². The zero-order chi connectivity index (χ0) is 15.7. The molecule has 4 nitrogen and oxygen atoms in total. The van der Waals surface area contributed by atoms with Crippen molar-refractivity contribution in [3.8, 4) is 5.75 Å². The monoisotopic (exact) mass is 366 g/mol. The van der Waals surface area contributed by atoms with Crippen LogP contribution in [-0.4, -0.2) is 42.1 Å². The quantitative estimate of drug-likeness (QED) is 0.893. The van der Waals surface area contributed by atoms with E-state index in [0.29, 0.717) is 12.1 Å². The van der Waals surface area contributed by atoms with Crippen molar-refractivity contribution >= 4 is 21.8 Å². The lowest BCUT2D eigenvalue weighted by Crippen LogP contribution is -2.44. The summed E-state index contributed by atoms with van der Waals surface area (Å²) in [6.07, 6.45) is 3.00. The molecular weight excluding hydrogens is 344 g/mol. The van der Waals surface area contributed by atoms with E-state index >= 15 is 0 Å². The number of fused-ring (bicyclic) bond motifs is 2. The summed E-state index contributed by atoms with van der Waals surface area (Å²) in [5, 5.41) is 3.60. The van der Waals surface area contributed by atoms with E-state index in [1.807, 2.05) is 36.9 Å². The molecule has 1 N–H and O–H groups in total. The van der Waals surface area contributed by atoms with Gasteiger partial charge in [0.2, 0.25) is 0 Å². The van der Waals surface area contributed by atoms with Gasteiger partial charge in [-0.15, -0.1) is 0 Å². The molecule has 3 atom stereocenters. The third kappa shape index (κ3) is 3.46. The van der Waals surface area contributed by atoms with Crippen LogP contribution in [0, 0.1) is 6.92 Å². The minimum Gasteiger partial charge on any atom is -0.480 e. The van der Waals surface area contributed by atoms with Gasteiger partial charge in [0.05, 0.1) is 4.47 Å². The summed E-state index contributed by atoms with van der Waals surface area (Å²) in [5.41, 5.74) is 1.16. The topological polar surface area (TPSA) is 41.6 Å². The number of amides is 1. The SMILES string of the molecule is Cc1ccc(OC(C)C(=O)N2CCC3CCC(C2)N3)c(Br)c1. The van der Waals surface area contributed by atoms with E-state index in [1.165, 1.54) is 12.8 Å². The van der Waals surface area contributed by atoms with Crippen LogP contribution >= 0.6 is 15.9 Å². The highest BCUT2D eigenvalue weighted by Gasteiger charge is 2.33. The summed E-state index contributed by atoms with van der Waals surface area (Å²) in [4.78, 5) is 14.6. The Hall–Kier alpha value is -1.07. The normalized spacial score (nSPS) is 25.7. The van der Waals surface area contributed by atoms with Crippen molar-refractivity contribution in [1.29, 1.82) is 0 Å². The molecule has 5 heteroatoms. The molecule has 2 aliphatic heterocycles. The number of nitrogens with zero attached hydrogens (tertiary/aromatic N) is 1. The second kappa shape index (κ2) is 6.59. The van der Waals surface area contributed by atoms with Crippen molar-refractivity contribution in [2.24, 2.45) is 0 Å². The van der Waals surface area contributed by atoms with Gasteiger partial charge in [-0.05, 0) is 66.7 Å². The molecule has 0 radical (unpaired) electrons. The number of likely N-dealkylation sites (tertiary alicyclic amines) is 1. The summed E-state index contributed by atoms with van der Waals surface area (Å²) in [6.45, 7) is 5.50. The van der Waals surface area contributed by atoms with E-state index in [-0.39, 0.29) is 5.91 Å². The van der Waals surface area contributed by atoms with Gasteiger partial charge in [0.15, 0.2) is 6.10 Å². The lowest BCUT2D eigenvalue weighted by Gasteiger charge is -2.27. The van der Waals surface area contributed by atoms with Crippen LogP contribution in [0.15, 0.2) is 22.7 Å². The van der Waals surface area contributed by atoms with E-state index in [9.17, 15) is 4.79 Å². The van der Waals surface area contributed by atoms with Gasteiger partial charge < -0.3 is 15.0 Å². The first-order valence-electron chi connectivity index (χ1n) is 8.00. The molecular formula is C17H23BrN2O2. The Morgan fingerprint density at radius 3 is 2.91 bits per heavy atom. The summed E-state index contributed by atoms with van der Waals surface area (Å²) in [5.74, 6) is 0.808. The third-order valence-corrected chi connectivity index (χ3v) is 5.19. The van der Waals surface area contributed by atoms with Gasteiger partial charge in [0.25, 0.3) is 5.91 Å². The van der Waals surface area contributed by atoms with E-state index in [4.69, 9.17) is 4.74 Å². The van der Waals surface area contributed by atoms with Crippen molar-refractivity contribution in [3.63, 3.8) is 0 Å². The molecule has 3 rings (SSSR count). The summed E-state index contributed by atoms with van der Waals surface area (Å²) in [6, 6.07) is 6.95. The second-order valence-electron chi connectivity index (χ2n) is 6.40. The predicted octanol–water partition coefficient (Wildman–Crippen LogP) is 2.88. The Balaban J connectivity index is 1.64. The zero-order valence-electron chi connectivity index (χ0n) is 13.1. The van der Waals surface area contributed by atoms with Crippen LogP contribution in [0.5, 0.6) is 5.75 Å². The molecule has 1 aromatic carbocycles. The number of nitrogens with one attached hydrogen (secondary N) is 1. The number of carbonyl (C=O) groups is 1. The predicted molar refractivity (Wildman–Crippen MR) is 90.1 cm³/mol. The number of rotatable bonds is 3. The molecule has 2 saturated heterocycles. The first-order chi connectivity index (χ1) is 10.5. The second-order valence-corrected chi connectivity index (χ2v) is 7.26. The molecule has 0 aliphatic carbocycles. The Labute approximate surface area is 140 Å². The maximum atomic E-state index is 12.7. The molecule has 1 aromatic rings. The standard InChI is InChI=1S/C17H23BrN2O2/c1-11-3-6-16(15(18)9-11)22-12(2)17(21)20-8-7-13-4-5-14(10-20)19-13/h3,6,9,12-14,19H,4-5,7-8,10H2,1-2H3. The zero-order valence-corrected chi connectivity index (χ0v) is 14.7. The first-order valence-corrected chi connectivity index (χ1v) is 8.80. The average molecular weight is 367 g/mol. The highest BCUT2D eigenvalue weighted by molar-refractivity contribution is 9.10. The molecule has 0 spiro atoms. The van der Waals surface area contributed by atoms with Gasteiger partial charge in [-0.25, -0.2) is 0 Å². The van der Waals surface area contributed by atoms with Crippen LogP contribution in [0.3, 0.4) is 0 Å². The Bertz CT molecular complexity index is 564. The molecule has 1 amide bonds. The molecule has 2 aliphatic rings. The fraction of sp³-hybridized carbons (Fsp3) is 0.588. The van der Waals surface area contributed by atoms with Crippen molar-refractivity contribution in [2.45, 2.75) is 51.3 Å². The molecule has 2 fully saturated rings. The van der Waals surface area contributed by atoms with E-state index in [1.54, 1.807) is 0 Å². The smallest absolute Gasteiger partial charge is 0.263 e. The largest absolute Gasteiger partial charge is 0.480 e. The maximum absolute atomic E-state index is 12.7. The number of ether oxygens (including phenoxy) is 1. The molecule has 2 bridgehead atoms. The van der Waals surface area contributed by atoms with Crippen LogP contribution in [0.1, 0.15) is 31.7 Å². The minimum absolute atomic E-state index is 0.0850. The van der Waals surface area contributed by atoms with Crippen molar-refractivity contribution < 1.29 is 9.53 Å². The van der Waals surface area contributed by atoms with Crippen molar-refractivity contribution in [2.75, 3.05) is 13.1 Å². The molecule has 22 heavy (non-hydrogen) atoms. The number of carbonyl (C=O) groups excluding carboxylic acids is 1. The first kappa shape index (κ1) is 15.8. The van der Waals surface area contributed by atoms with Gasteiger partial charge in [-0.3, -0.25) is 4.79 Å². The number of halogens is 1. The molecule has 2 heterocycles. The Morgan fingerprint density at radius 2 is 2.14 bits per heavy atom. The van der Waals surface area contributed by atoms with Crippen molar-refractivity contribution in [1.82, 2.24) is 10.2 Å². The van der Waals surface area contributed by atoms with Crippen LogP contribution in [0.25, 0.3) is 0 Å². The third-order valence-electron chi connectivity index (χ3n) is 4.57. The average Bonchev–Trinajstić information content (AvgIpc) is 2.80. The van der Waals surface area contributed by atoms with Gasteiger partial charge in [-0.1, -0.05) is 6.07 Å². The highest BCUT2D eigenvalue weighted by atomic mass is 79.9. The van der Waals surface area contributed by atoms with Crippen LogP contribution < -0.4 is 10.1 Å². The Morgan fingerprint density at radius 1 is 1.36 bits per heavy atom. The lowest BCUT2D eigenvalue weighted by atomic mass is 10.1. The highest BCUT2D eigenvalue weighted by Crippen LogP contribution is 2.27. The van der Waals surface area contributed by atoms with Gasteiger partial charge >= 0.3 is 0 Å². The number of aryl methyl sites for hydroxylation is 1. The van der Waals surface area contributed by atoms with Gasteiger partial charge in [-0.2, -0.15) is 0 Å². The van der Waals surface area contributed by atoms with Crippen LogP contribution in [-0.2, 0) is 4.79 Å². The molecule has 3 unspecified atom stereocenters. The fourth-order valence-electron chi connectivity index (χ4n) is 3.34. The molecule has 120 valence electrons. The minimum atomic E-state index is -0.462. The summed E-state index contributed by atoms with van der Waals surface area (Å²) >= 11 is 3.50. The molecule has 0 aromatic heterocycles. The summed E-state index contributed by atoms with van der Waals surface area (Å²) < 4.78 is 6.77. The van der Waals surface area contributed by atoms with Crippen molar-refractivity contribution in [3.05, 3.63) is 28.2 Å². The number of hydrogen-bond acceptors (Lipinski definition) is 3. The fourth-order valence-corrected chi connectivity index (χ4v) is 3.93. The molecule has 0 saturated carbocycles. The van der Waals surface area contributed by atoms with Crippen LogP contribution in [0.2, 0.25) is 0 Å².